The van der Waals surface area contributed by atoms with Gasteiger partial charge in [-0.15, -0.1) is 0 Å². The molecule has 1 amide bonds. The molecule has 1 spiro atoms. The fraction of sp³-hybridized carbons (Fsp3) is 0.750. The van der Waals surface area contributed by atoms with Crippen molar-refractivity contribution in [2.45, 2.75) is 87.1 Å². The van der Waals surface area contributed by atoms with Crippen molar-refractivity contribution >= 4 is 17.6 Å². The Morgan fingerprint density at radius 2 is 1.83 bits per heavy atom. The number of likely N-dealkylation sites (tertiary alicyclic amines) is 1. The summed E-state index contributed by atoms with van der Waals surface area (Å²) in [5, 5.41) is 28.4. The Hall–Kier alpha value is -2.08. The standard InChI is InChI=1S/C32H44N2O8/c1-6-34-16-29(42-28(36)18-9-7-8-10-21(18)33-17(2)35)12-11-25(40-4)31-23(29)14-20(26(31)34)30(37)15-22(39-3)19-13-24(31)32(30,38)27(19)41-5/h7-10,19-20,22-27,37-38H,6,11-16H2,1-5H3,(H,33,35)/t19-,20-,22-,23+,24-,25-,26?,27-,29+,30-,31-,32-/m0/s1. The summed E-state index contributed by atoms with van der Waals surface area (Å²) in [6, 6.07) is 6.89. The van der Waals surface area contributed by atoms with Crippen molar-refractivity contribution < 1.29 is 38.7 Å². The number of nitrogens with one attached hydrogen (secondary N) is 1. The molecular weight excluding hydrogens is 540 g/mol. The summed E-state index contributed by atoms with van der Waals surface area (Å²) in [4.78, 5) is 28.3. The zero-order valence-electron chi connectivity index (χ0n) is 25.2. The lowest BCUT2D eigenvalue weighted by Crippen LogP contribution is -2.83. The van der Waals surface area contributed by atoms with Gasteiger partial charge < -0.3 is 34.5 Å². The molecule has 6 fully saturated rings. The summed E-state index contributed by atoms with van der Waals surface area (Å²) in [6.45, 7) is 4.79. The van der Waals surface area contributed by atoms with E-state index in [0.29, 0.717) is 56.4 Å². The summed E-state index contributed by atoms with van der Waals surface area (Å²) in [5.41, 5.74) is -3.57. The molecular formula is C32H44N2O8. The SMILES string of the molecule is CCN1C[C@]2(OC(=O)c3ccccc3NC(C)=O)CC[C@H](OC)[C@]34C1[C@H](C[C@H]23)[C@@]1(O)C[C@H](OC)[C@@H]2C[C@@H]4[C@]1(O)[C@H]2OC. The summed E-state index contributed by atoms with van der Waals surface area (Å²) in [5.74, 6) is -1.54. The van der Waals surface area contributed by atoms with E-state index in [-0.39, 0.29) is 47.8 Å². The van der Waals surface area contributed by atoms with Crippen molar-refractivity contribution in [1.82, 2.24) is 4.90 Å². The van der Waals surface area contributed by atoms with Crippen LogP contribution in [0, 0.1) is 29.1 Å². The number of fused-ring (bicyclic) bond motifs is 2. The molecule has 5 aliphatic carbocycles. The number of hydrogen-bond acceptors (Lipinski definition) is 9. The first-order valence-corrected chi connectivity index (χ1v) is 15.4. The number of carbonyl (C=O) groups is 2. The maximum Gasteiger partial charge on any atom is 0.340 e. The van der Waals surface area contributed by atoms with Gasteiger partial charge in [0, 0.05) is 76.3 Å². The van der Waals surface area contributed by atoms with Gasteiger partial charge in [-0.1, -0.05) is 19.1 Å². The van der Waals surface area contributed by atoms with Crippen molar-refractivity contribution in [3.63, 3.8) is 0 Å². The second kappa shape index (κ2) is 9.46. The van der Waals surface area contributed by atoms with Crippen LogP contribution in [-0.2, 0) is 23.7 Å². The van der Waals surface area contributed by atoms with Gasteiger partial charge in [0.05, 0.1) is 29.6 Å². The zero-order chi connectivity index (χ0) is 29.8. The summed E-state index contributed by atoms with van der Waals surface area (Å²) >= 11 is 0. The summed E-state index contributed by atoms with van der Waals surface area (Å²) in [7, 11) is 5.05. The van der Waals surface area contributed by atoms with E-state index in [1.54, 1.807) is 45.6 Å². The molecule has 1 aliphatic heterocycles. The van der Waals surface area contributed by atoms with Gasteiger partial charge in [0.1, 0.15) is 16.8 Å². The third kappa shape index (κ3) is 3.21. The Morgan fingerprint density at radius 3 is 2.50 bits per heavy atom. The van der Waals surface area contributed by atoms with Crippen LogP contribution in [0.25, 0.3) is 0 Å². The van der Waals surface area contributed by atoms with Gasteiger partial charge in [-0.2, -0.15) is 0 Å². The molecule has 42 heavy (non-hydrogen) atoms. The van der Waals surface area contributed by atoms with Crippen LogP contribution in [0.2, 0.25) is 0 Å². The molecule has 0 radical (unpaired) electrons. The zero-order valence-corrected chi connectivity index (χ0v) is 25.2. The minimum atomic E-state index is -1.48. The number of rotatable bonds is 7. The predicted octanol–water partition coefficient (Wildman–Crippen LogP) is 2.22. The lowest BCUT2D eigenvalue weighted by Gasteiger charge is -2.70. The Morgan fingerprint density at radius 1 is 1.07 bits per heavy atom. The molecule has 230 valence electrons. The van der Waals surface area contributed by atoms with Gasteiger partial charge in [-0.3, -0.25) is 9.69 Å². The van der Waals surface area contributed by atoms with Gasteiger partial charge in [0.2, 0.25) is 5.91 Å². The first kappa shape index (κ1) is 28.7. The number of likely N-dealkylation sites (N-methyl/N-ethyl adjacent to an activating group) is 1. The number of methoxy groups -OCH3 is 3. The second-order valence-electron chi connectivity index (χ2n) is 13.7. The Labute approximate surface area is 247 Å². The number of nitrogens with zero attached hydrogens (tertiary/aromatic N) is 1. The minimum Gasteiger partial charge on any atom is -0.454 e. The lowest BCUT2D eigenvalue weighted by atomic mass is 9.44. The van der Waals surface area contributed by atoms with Gasteiger partial charge in [-0.05, 0) is 44.4 Å². The number of amides is 1. The number of para-hydroxylation sites is 1. The molecule has 7 rings (SSSR count). The Kier molecular flexibility index (Phi) is 6.46. The Bertz CT molecular complexity index is 1290. The van der Waals surface area contributed by atoms with Crippen LogP contribution >= 0.6 is 0 Å². The van der Waals surface area contributed by atoms with Crippen molar-refractivity contribution in [2.75, 3.05) is 39.7 Å². The number of esters is 1. The molecule has 1 unspecified atom stereocenters. The monoisotopic (exact) mass is 584 g/mol. The molecule has 1 aromatic rings. The van der Waals surface area contributed by atoms with Crippen molar-refractivity contribution in [3.05, 3.63) is 29.8 Å². The van der Waals surface area contributed by atoms with Crippen molar-refractivity contribution in [1.29, 1.82) is 0 Å². The summed E-state index contributed by atoms with van der Waals surface area (Å²) in [6.07, 6.45) is 1.91. The van der Waals surface area contributed by atoms with E-state index in [2.05, 4.69) is 17.1 Å². The lowest BCUT2D eigenvalue weighted by molar-refractivity contribution is -0.337. The minimum absolute atomic E-state index is 0.0432. The molecule has 3 N–H and O–H groups in total. The quantitative estimate of drug-likeness (QED) is 0.414. The molecule has 1 saturated heterocycles. The fourth-order valence-electron chi connectivity index (χ4n) is 11.6. The van der Waals surface area contributed by atoms with E-state index >= 15 is 0 Å². The average molecular weight is 585 g/mol. The van der Waals surface area contributed by atoms with E-state index in [4.69, 9.17) is 18.9 Å². The number of carbonyl (C=O) groups excluding carboxylic acids is 2. The van der Waals surface area contributed by atoms with Crippen molar-refractivity contribution in [2.24, 2.45) is 29.1 Å². The highest BCUT2D eigenvalue weighted by Gasteiger charge is 2.89. The number of anilines is 1. The normalized spacial score (nSPS) is 48.2. The third-order valence-corrected chi connectivity index (χ3v) is 12.6. The van der Waals surface area contributed by atoms with Crippen LogP contribution in [0.3, 0.4) is 0 Å². The van der Waals surface area contributed by atoms with E-state index in [0.717, 1.165) is 0 Å². The number of hydrogen-bond donors (Lipinski definition) is 3. The van der Waals surface area contributed by atoms with Crippen LogP contribution in [0.5, 0.6) is 0 Å². The largest absolute Gasteiger partial charge is 0.454 e. The van der Waals surface area contributed by atoms with Gasteiger partial charge in [-0.25, -0.2) is 4.79 Å². The summed E-state index contributed by atoms with van der Waals surface area (Å²) < 4.78 is 25.1. The number of ether oxygens (including phenoxy) is 4. The van der Waals surface area contributed by atoms with Gasteiger partial charge in [0.25, 0.3) is 0 Å². The molecule has 0 aromatic heterocycles. The molecule has 1 heterocycles. The van der Waals surface area contributed by atoms with E-state index < -0.39 is 34.3 Å². The van der Waals surface area contributed by atoms with Crippen LogP contribution in [-0.4, -0.2) is 103 Å². The van der Waals surface area contributed by atoms with Crippen LogP contribution in [0.15, 0.2) is 24.3 Å². The number of aliphatic hydroxyl groups is 2. The van der Waals surface area contributed by atoms with E-state index in [1.807, 2.05) is 0 Å². The molecule has 7 bridgehead atoms. The number of benzene rings is 1. The first-order chi connectivity index (χ1) is 20.1. The molecule has 10 nitrogen and oxygen atoms in total. The molecule has 5 saturated carbocycles. The van der Waals surface area contributed by atoms with Crippen LogP contribution < -0.4 is 5.32 Å². The smallest absolute Gasteiger partial charge is 0.340 e. The molecule has 12 atom stereocenters. The maximum atomic E-state index is 14.0. The fourth-order valence-corrected chi connectivity index (χ4v) is 11.6. The van der Waals surface area contributed by atoms with Crippen molar-refractivity contribution in [3.8, 4) is 0 Å². The Balaban J connectivity index is 1.38. The van der Waals surface area contributed by atoms with Crippen LogP contribution in [0.4, 0.5) is 5.69 Å². The third-order valence-electron chi connectivity index (χ3n) is 12.6. The predicted molar refractivity (Wildman–Crippen MR) is 152 cm³/mol. The van der Waals surface area contributed by atoms with Gasteiger partial charge >= 0.3 is 5.97 Å². The second-order valence-corrected chi connectivity index (χ2v) is 13.7. The molecule has 10 heteroatoms. The highest BCUT2D eigenvalue weighted by atomic mass is 16.6. The van der Waals surface area contributed by atoms with Gasteiger partial charge in [0.15, 0.2) is 0 Å². The van der Waals surface area contributed by atoms with E-state index in [1.165, 1.54) is 6.92 Å². The highest BCUT2D eigenvalue weighted by Crippen LogP contribution is 2.79. The topological polar surface area (TPSA) is 127 Å². The maximum absolute atomic E-state index is 14.0. The van der Waals surface area contributed by atoms with Crippen LogP contribution in [0.1, 0.15) is 56.3 Å². The highest BCUT2D eigenvalue weighted by molar-refractivity contribution is 6.00. The first-order valence-electron chi connectivity index (χ1n) is 15.4. The average Bonchev–Trinajstić information content (AvgIpc) is 3.39. The number of piperidine rings is 1. The molecule has 1 aromatic carbocycles. The molecule has 6 aliphatic rings. The van der Waals surface area contributed by atoms with E-state index in [9.17, 15) is 19.8 Å².